The first-order chi connectivity index (χ1) is 13.5. The van der Waals surface area contributed by atoms with Gasteiger partial charge in [0.25, 0.3) is 0 Å². The summed E-state index contributed by atoms with van der Waals surface area (Å²) in [4.78, 5) is 22.5. The molecule has 3 aromatic rings. The zero-order valence-corrected chi connectivity index (χ0v) is 15.0. The molecule has 0 radical (unpaired) electrons. The molecule has 4 rings (SSSR count). The summed E-state index contributed by atoms with van der Waals surface area (Å²) >= 11 is 0. The number of rotatable bonds is 3. The van der Waals surface area contributed by atoms with Crippen LogP contribution < -0.4 is 5.32 Å². The Morgan fingerprint density at radius 2 is 2.14 bits per heavy atom. The van der Waals surface area contributed by atoms with E-state index in [0.29, 0.717) is 24.8 Å². The van der Waals surface area contributed by atoms with Gasteiger partial charge in [-0.2, -0.15) is 4.98 Å². The van der Waals surface area contributed by atoms with Crippen molar-refractivity contribution >= 4 is 11.7 Å². The Bertz CT molecular complexity index is 995. The molecule has 3 heterocycles. The van der Waals surface area contributed by atoms with Crippen molar-refractivity contribution in [2.75, 3.05) is 18.4 Å². The first-order valence-electron chi connectivity index (χ1n) is 8.76. The Balaban J connectivity index is 1.46. The summed E-state index contributed by atoms with van der Waals surface area (Å²) < 4.78 is 32.2. The van der Waals surface area contributed by atoms with Crippen LogP contribution in [0.3, 0.4) is 0 Å². The number of halogens is 2. The molecular formula is C19H17F2N5O2. The van der Waals surface area contributed by atoms with E-state index in [-0.39, 0.29) is 17.5 Å². The predicted octanol–water partition coefficient (Wildman–Crippen LogP) is 3.68. The number of pyridine rings is 1. The molecule has 1 saturated heterocycles. The minimum Gasteiger partial charge on any atom is -0.339 e. The molecule has 0 spiro atoms. The number of benzene rings is 1. The van der Waals surface area contributed by atoms with Gasteiger partial charge in [-0.15, -0.1) is 0 Å². The minimum absolute atomic E-state index is 0.0702. The number of anilines is 1. The minimum atomic E-state index is -0.824. The smallest absolute Gasteiger partial charge is 0.321 e. The monoisotopic (exact) mass is 385 g/mol. The third-order valence-electron chi connectivity index (χ3n) is 4.75. The van der Waals surface area contributed by atoms with Crippen molar-refractivity contribution in [2.24, 2.45) is 5.92 Å². The second-order valence-corrected chi connectivity index (χ2v) is 6.74. The molecule has 144 valence electrons. The third kappa shape index (κ3) is 3.55. The molecule has 1 N–H and O–H groups in total. The quantitative estimate of drug-likeness (QED) is 0.744. The highest BCUT2D eigenvalue weighted by molar-refractivity contribution is 5.89. The van der Waals surface area contributed by atoms with Crippen LogP contribution in [0.25, 0.3) is 11.4 Å². The Hall–Kier alpha value is -3.36. The van der Waals surface area contributed by atoms with E-state index in [0.717, 1.165) is 17.7 Å². The van der Waals surface area contributed by atoms with Crippen LogP contribution in [0.1, 0.15) is 18.7 Å². The Morgan fingerprint density at radius 3 is 2.89 bits per heavy atom. The Kier molecular flexibility index (Phi) is 4.72. The van der Waals surface area contributed by atoms with Gasteiger partial charge in [0.15, 0.2) is 0 Å². The number of hydrogen-bond donors (Lipinski definition) is 1. The number of urea groups is 1. The van der Waals surface area contributed by atoms with Crippen molar-refractivity contribution in [3.8, 4) is 11.4 Å². The van der Waals surface area contributed by atoms with Crippen molar-refractivity contribution in [3.63, 3.8) is 0 Å². The van der Waals surface area contributed by atoms with Crippen molar-refractivity contribution in [1.29, 1.82) is 0 Å². The van der Waals surface area contributed by atoms with Crippen LogP contribution in [0.4, 0.5) is 19.3 Å². The standard InChI is InChI=1S/C19H17F2N5O2/c1-11-9-26(19(27)23-16-5-4-13(20)7-15(16)21)10-14(11)18-24-17(25-28-18)12-3-2-6-22-8-12/h2-8,11,14H,9-10H2,1H3,(H,23,27)/t11-,14-/m0/s1. The third-order valence-corrected chi connectivity index (χ3v) is 4.75. The molecular weight excluding hydrogens is 368 g/mol. The zero-order chi connectivity index (χ0) is 19.7. The van der Waals surface area contributed by atoms with E-state index in [1.165, 1.54) is 6.07 Å². The second kappa shape index (κ2) is 7.34. The lowest BCUT2D eigenvalue weighted by atomic mass is 9.98. The molecule has 1 aliphatic heterocycles. The molecule has 7 nitrogen and oxygen atoms in total. The maximum Gasteiger partial charge on any atom is 0.321 e. The van der Waals surface area contributed by atoms with Crippen LogP contribution in [-0.4, -0.2) is 39.1 Å². The summed E-state index contributed by atoms with van der Waals surface area (Å²) in [6.07, 6.45) is 3.30. The molecule has 0 saturated carbocycles. The van der Waals surface area contributed by atoms with Gasteiger partial charge in [-0.05, 0) is 30.2 Å². The molecule has 0 bridgehead atoms. The molecule has 2 amide bonds. The molecule has 2 aromatic heterocycles. The Labute approximate surface area is 159 Å². The van der Waals surface area contributed by atoms with Gasteiger partial charge in [-0.25, -0.2) is 13.6 Å². The number of likely N-dealkylation sites (tertiary alicyclic amines) is 1. The molecule has 1 aromatic carbocycles. The number of carbonyl (C=O) groups is 1. The first kappa shape index (κ1) is 18.0. The number of aromatic nitrogens is 3. The average Bonchev–Trinajstić information content (AvgIpc) is 3.31. The first-order valence-corrected chi connectivity index (χ1v) is 8.76. The maximum absolute atomic E-state index is 13.8. The summed E-state index contributed by atoms with van der Waals surface area (Å²) in [5.74, 6) is -0.713. The van der Waals surface area contributed by atoms with E-state index in [4.69, 9.17) is 4.52 Å². The van der Waals surface area contributed by atoms with E-state index < -0.39 is 17.7 Å². The van der Waals surface area contributed by atoms with Gasteiger partial charge >= 0.3 is 6.03 Å². The van der Waals surface area contributed by atoms with Crippen LogP contribution in [-0.2, 0) is 0 Å². The van der Waals surface area contributed by atoms with Crippen molar-refractivity contribution in [1.82, 2.24) is 20.0 Å². The van der Waals surface area contributed by atoms with E-state index in [1.807, 2.05) is 13.0 Å². The van der Waals surface area contributed by atoms with E-state index in [2.05, 4.69) is 20.4 Å². The number of hydrogen-bond acceptors (Lipinski definition) is 5. The topological polar surface area (TPSA) is 84.2 Å². The highest BCUT2D eigenvalue weighted by Crippen LogP contribution is 2.32. The van der Waals surface area contributed by atoms with Gasteiger partial charge in [0, 0.05) is 37.1 Å². The van der Waals surface area contributed by atoms with Crippen molar-refractivity contribution in [2.45, 2.75) is 12.8 Å². The summed E-state index contributed by atoms with van der Waals surface area (Å²) in [6, 6.07) is 6.15. The molecule has 1 aliphatic rings. The van der Waals surface area contributed by atoms with Crippen LogP contribution in [0.5, 0.6) is 0 Å². The van der Waals surface area contributed by atoms with Crippen LogP contribution in [0.2, 0.25) is 0 Å². The lowest BCUT2D eigenvalue weighted by Gasteiger charge is -2.17. The average molecular weight is 385 g/mol. The number of nitrogens with one attached hydrogen (secondary N) is 1. The fourth-order valence-electron chi connectivity index (χ4n) is 3.24. The molecule has 28 heavy (non-hydrogen) atoms. The largest absolute Gasteiger partial charge is 0.339 e. The van der Waals surface area contributed by atoms with Crippen LogP contribution in [0.15, 0.2) is 47.2 Å². The fraction of sp³-hybridized carbons (Fsp3) is 0.263. The molecule has 9 heteroatoms. The van der Waals surface area contributed by atoms with Gasteiger partial charge in [-0.1, -0.05) is 12.1 Å². The lowest BCUT2D eigenvalue weighted by molar-refractivity contribution is 0.220. The van der Waals surface area contributed by atoms with Gasteiger partial charge < -0.3 is 14.7 Å². The summed E-state index contributed by atoms with van der Waals surface area (Å²) in [7, 11) is 0. The summed E-state index contributed by atoms with van der Waals surface area (Å²) in [5, 5.41) is 6.47. The number of carbonyl (C=O) groups excluding carboxylic acids is 1. The maximum atomic E-state index is 13.8. The van der Waals surface area contributed by atoms with Gasteiger partial charge in [0.05, 0.1) is 11.6 Å². The highest BCUT2D eigenvalue weighted by Gasteiger charge is 2.37. The predicted molar refractivity (Wildman–Crippen MR) is 96.4 cm³/mol. The molecule has 2 atom stereocenters. The van der Waals surface area contributed by atoms with Crippen molar-refractivity contribution in [3.05, 3.63) is 60.3 Å². The fourth-order valence-corrected chi connectivity index (χ4v) is 3.24. The highest BCUT2D eigenvalue weighted by atomic mass is 19.1. The SMILES string of the molecule is C[C@H]1CN(C(=O)Nc2ccc(F)cc2F)C[C@@H]1c1nc(-c2cccnc2)no1. The van der Waals surface area contributed by atoms with Gasteiger partial charge in [-0.3, -0.25) is 4.98 Å². The Morgan fingerprint density at radius 1 is 1.29 bits per heavy atom. The molecule has 0 unspecified atom stereocenters. The number of nitrogens with zero attached hydrogens (tertiary/aromatic N) is 4. The second-order valence-electron chi connectivity index (χ2n) is 6.74. The zero-order valence-electron chi connectivity index (χ0n) is 15.0. The molecule has 0 aliphatic carbocycles. The summed E-state index contributed by atoms with van der Waals surface area (Å²) in [6.45, 7) is 2.78. The lowest BCUT2D eigenvalue weighted by Crippen LogP contribution is -2.33. The van der Waals surface area contributed by atoms with Crippen LogP contribution >= 0.6 is 0 Å². The van der Waals surface area contributed by atoms with Crippen molar-refractivity contribution < 1.29 is 18.1 Å². The van der Waals surface area contributed by atoms with Gasteiger partial charge in [0.2, 0.25) is 11.7 Å². The van der Waals surface area contributed by atoms with Crippen LogP contribution in [0, 0.1) is 17.6 Å². The van der Waals surface area contributed by atoms with E-state index in [1.54, 1.807) is 23.4 Å². The number of amides is 2. The van der Waals surface area contributed by atoms with Gasteiger partial charge in [0.1, 0.15) is 11.6 Å². The van der Waals surface area contributed by atoms with E-state index in [9.17, 15) is 13.6 Å². The summed E-state index contributed by atoms with van der Waals surface area (Å²) in [5.41, 5.74) is 0.670. The normalized spacial score (nSPS) is 19.0. The molecule has 1 fully saturated rings. The van der Waals surface area contributed by atoms with E-state index >= 15 is 0 Å².